The van der Waals surface area contributed by atoms with Crippen molar-refractivity contribution in [1.82, 2.24) is 4.90 Å². The third-order valence-electron chi connectivity index (χ3n) is 2.31. The van der Waals surface area contributed by atoms with Crippen LogP contribution in [-0.4, -0.2) is 44.0 Å². The Balaban J connectivity index is 2.74. The van der Waals surface area contributed by atoms with Crippen molar-refractivity contribution in [2.24, 2.45) is 4.99 Å². The van der Waals surface area contributed by atoms with Gasteiger partial charge in [0, 0.05) is 20.5 Å². The fourth-order valence-electron chi connectivity index (χ4n) is 1.49. The van der Waals surface area contributed by atoms with E-state index < -0.39 is 6.04 Å². The van der Waals surface area contributed by atoms with Crippen LogP contribution in [0, 0.1) is 0 Å². The molecule has 4 heteroatoms. The molecule has 4 nitrogen and oxygen atoms in total. The number of hydrogen-bond donors (Lipinski definition) is 0. The molecule has 18 heavy (non-hydrogen) atoms. The molecule has 0 saturated heterocycles. The molecule has 0 spiro atoms. The van der Waals surface area contributed by atoms with Gasteiger partial charge in [-0.25, -0.2) is 4.79 Å². The molecule has 0 heterocycles. The molecule has 0 aliphatic heterocycles. The molecule has 0 fully saturated rings. The van der Waals surface area contributed by atoms with Crippen molar-refractivity contribution in [2.45, 2.75) is 19.4 Å². The van der Waals surface area contributed by atoms with Crippen molar-refractivity contribution in [1.29, 1.82) is 0 Å². The molecule has 1 aromatic carbocycles. The van der Waals surface area contributed by atoms with Gasteiger partial charge in [0.15, 0.2) is 6.04 Å². The second-order valence-corrected chi connectivity index (χ2v) is 4.19. The molecule has 0 amide bonds. The van der Waals surface area contributed by atoms with Crippen LogP contribution in [-0.2, 0) is 16.0 Å². The molecule has 1 atom stereocenters. The lowest BCUT2D eigenvalue weighted by molar-refractivity contribution is -0.144. The van der Waals surface area contributed by atoms with E-state index in [9.17, 15) is 4.79 Å². The normalized spacial score (nSPS) is 12.4. The number of benzene rings is 1. The fraction of sp³-hybridized carbons (Fsp3) is 0.429. The predicted molar refractivity (Wildman–Crippen MR) is 72.7 cm³/mol. The highest BCUT2D eigenvalue weighted by atomic mass is 16.5. The molecule has 0 aliphatic rings. The zero-order valence-corrected chi connectivity index (χ0v) is 11.2. The van der Waals surface area contributed by atoms with Crippen molar-refractivity contribution in [3.63, 3.8) is 0 Å². The summed E-state index contributed by atoms with van der Waals surface area (Å²) in [5, 5.41) is 0. The molecule has 1 aromatic rings. The smallest absolute Gasteiger partial charge is 0.331 e. The second-order valence-electron chi connectivity index (χ2n) is 4.19. The Morgan fingerprint density at radius 2 is 2.06 bits per heavy atom. The van der Waals surface area contributed by atoms with Crippen LogP contribution in [0.1, 0.15) is 12.5 Å². The second kappa shape index (κ2) is 7.48. The molecule has 98 valence electrons. The van der Waals surface area contributed by atoms with Crippen LogP contribution in [0.3, 0.4) is 0 Å². The Bertz CT molecular complexity index is 388. The maximum absolute atomic E-state index is 11.8. The minimum Gasteiger partial charge on any atom is -0.464 e. The van der Waals surface area contributed by atoms with Crippen LogP contribution in [0.15, 0.2) is 35.3 Å². The van der Waals surface area contributed by atoms with Crippen molar-refractivity contribution in [2.75, 3.05) is 20.7 Å². The topological polar surface area (TPSA) is 41.9 Å². The summed E-state index contributed by atoms with van der Waals surface area (Å²) in [7, 11) is 3.74. The van der Waals surface area contributed by atoms with E-state index in [0.717, 1.165) is 5.56 Å². The first-order valence-electron chi connectivity index (χ1n) is 6.03. The number of esters is 1. The molecule has 0 bridgehead atoms. The maximum Gasteiger partial charge on any atom is 0.331 e. The lowest BCUT2D eigenvalue weighted by Crippen LogP contribution is -2.25. The van der Waals surface area contributed by atoms with E-state index in [1.54, 1.807) is 18.2 Å². The average molecular weight is 248 g/mol. The van der Waals surface area contributed by atoms with Crippen LogP contribution >= 0.6 is 0 Å². The summed E-state index contributed by atoms with van der Waals surface area (Å²) in [5.41, 5.74) is 1.08. The summed E-state index contributed by atoms with van der Waals surface area (Å²) in [6, 6.07) is 9.34. The van der Waals surface area contributed by atoms with E-state index in [0.29, 0.717) is 13.0 Å². The van der Waals surface area contributed by atoms with Crippen molar-refractivity contribution in [3.8, 4) is 0 Å². The molecule has 0 radical (unpaired) electrons. The highest BCUT2D eigenvalue weighted by molar-refractivity contribution is 5.78. The number of carbonyl (C=O) groups is 1. The fourth-order valence-corrected chi connectivity index (χ4v) is 1.49. The maximum atomic E-state index is 11.8. The monoisotopic (exact) mass is 248 g/mol. The average Bonchev–Trinajstić information content (AvgIpc) is 2.35. The van der Waals surface area contributed by atoms with Crippen LogP contribution < -0.4 is 0 Å². The summed E-state index contributed by atoms with van der Waals surface area (Å²) in [6.45, 7) is 2.18. The molecule has 0 N–H and O–H groups in total. The zero-order chi connectivity index (χ0) is 13.4. The zero-order valence-electron chi connectivity index (χ0n) is 11.2. The van der Waals surface area contributed by atoms with E-state index in [1.807, 2.05) is 44.4 Å². The largest absolute Gasteiger partial charge is 0.464 e. The van der Waals surface area contributed by atoms with Crippen LogP contribution in [0.2, 0.25) is 0 Å². The van der Waals surface area contributed by atoms with Gasteiger partial charge in [-0.1, -0.05) is 30.3 Å². The summed E-state index contributed by atoms with van der Waals surface area (Å²) >= 11 is 0. The standard InChI is InChI=1S/C14H20N2O2/c1-4-18-14(17)13(15-11-16(2)3)10-12-8-6-5-7-9-12/h5-9,11,13H,4,10H2,1-3H3. The third-order valence-corrected chi connectivity index (χ3v) is 2.31. The molecular weight excluding hydrogens is 228 g/mol. The molecule has 0 saturated carbocycles. The van der Waals surface area contributed by atoms with Crippen LogP contribution in [0.4, 0.5) is 0 Å². The van der Waals surface area contributed by atoms with Gasteiger partial charge < -0.3 is 9.64 Å². The lowest BCUT2D eigenvalue weighted by atomic mass is 10.1. The molecule has 1 rings (SSSR count). The van der Waals surface area contributed by atoms with E-state index in [-0.39, 0.29) is 5.97 Å². The predicted octanol–water partition coefficient (Wildman–Crippen LogP) is 1.75. The van der Waals surface area contributed by atoms with Gasteiger partial charge in [0.1, 0.15) is 0 Å². The molecular formula is C14H20N2O2. The number of carbonyl (C=O) groups excluding carboxylic acids is 1. The van der Waals surface area contributed by atoms with E-state index in [2.05, 4.69) is 4.99 Å². The van der Waals surface area contributed by atoms with Gasteiger partial charge in [-0.15, -0.1) is 0 Å². The number of hydrogen-bond acceptors (Lipinski definition) is 3. The van der Waals surface area contributed by atoms with Gasteiger partial charge >= 0.3 is 5.97 Å². The lowest BCUT2D eigenvalue weighted by Gasteiger charge is -2.12. The first kappa shape index (κ1) is 14.2. The quantitative estimate of drug-likeness (QED) is 0.437. The molecule has 1 unspecified atom stereocenters. The van der Waals surface area contributed by atoms with Gasteiger partial charge in [0.05, 0.1) is 12.9 Å². The van der Waals surface area contributed by atoms with Gasteiger partial charge in [-0.2, -0.15) is 0 Å². The molecule has 0 aliphatic carbocycles. The van der Waals surface area contributed by atoms with Crippen molar-refractivity contribution < 1.29 is 9.53 Å². The van der Waals surface area contributed by atoms with E-state index in [4.69, 9.17) is 4.74 Å². The van der Waals surface area contributed by atoms with Gasteiger partial charge in [0.25, 0.3) is 0 Å². The Morgan fingerprint density at radius 1 is 1.39 bits per heavy atom. The first-order valence-corrected chi connectivity index (χ1v) is 6.03. The summed E-state index contributed by atoms with van der Waals surface area (Å²) in [6.07, 6.45) is 2.20. The van der Waals surface area contributed by atoms with E-state index in [1.165, 1.54) is 0 Å². The summed E-state index contributed by atoms with van der Waals surface area (Å²) in [5.74, 6) is -0.278. The number of rotatable bonds is 6. The molecule has 0 aromatic heterocycles. The van der Waals surface area contributed by atoms with E-state index >= 15 is 0 Å². The Kier molecular flexibility index (Phi) is 5.91. The van der Waals surface area contributed by atoms with Crippen LogP contribution in [0.5, 0.6) is 0 Å². The third kappa shape index (κ3) is 4.99. The number of aliphatic imine (C=N–C) groups is 1. The minimum atomic E-state index is -0.477. The van der Waals surface area contributed by atoms with Crippen molar-refractivity contribution in [3.05, 3.63) is 35.9 Å². The van der Waals surface area contributed by atoms with Gasteiger partial charge in [-0.05, 0) is 12.5 Å². The summed E-state index contributed by atoms with van der Waals surface area (Å²) in [4.78, 5) is 17.9. The van der Waals surface area contributed by atoms with Gasteiger partial charge in [-0.3, -0.25) is 4.99 Å². The SMILES string of the molecule is CCOC(=O)C(Cc1ccccc1)N=CN(C)C. The van der Waals surface area contributed by atoms with Gasteiger partial charge in [0.2, 0.25) is 0 Å². The van der Waals surface area contributed by atoms with Crippen molar-refractivity contribution >= 4 is 12.3 Å². The highest BCUT2D eigenvalue weighted by Crippen LogP contribution is 2.07. The Hall–Kier alpha value is -1.84. The Morgan fingerprint density at radius 3 is 2.61 bits per heavy atom. The first-order chi connectivity index (χ1) is 8.63. The van der Waals surface area contributed by atoms with Crippen LogP contribution in [0.25, 0.3) is 0 Å². The highest BCUT2D eigenvalue weighted by Gasteiger charge is 2.18. The summed E-state index contributed by atoms with van der Waals surface area (Å²) < 4.78 is 5.04. The number of nitrogens with zero attached hydrogens (tertiary/aromatic N) is 2. The minimum absolute atomic E-state index is 0.278. The number of ether oxygens (including phenoxy) is 1. The Labute approximate surface area is 108 Å².